The summed E-state index contributed by atoms with van der Waals surface area (Å²) >= 11 is 0. The van der Waals surface area contributed by atoms with Crippen molar-refractivity contribution in [3.8, 4) is 11.1 Å². The van der Waals surface area contributed by atoms with Gasteiger partial charge in [0.2, 0.25) is 0 Å². The van der Waals surface area contributed by atoms with Crippen molar-refractivity contribution in [3.05, 3.63) is 71.3 Å². The zero-order chi connectivity index (χ0) is 13.5. The molecule has 0 spiro atoms. The summed E-state index contributed by atoms with van der Waals surface area (Å²) in [6, 6.07) is 19.7. The molecule has 0 amide bonds. The Balaban J connectivity index is 2.08. The SMILES string of the molecule is Cc1ccc(-c2c3c(cc4ccccc24)COC3)cc1. The molecule has 4 rings (SSSR count). The third kappa shape index (κ3) is 1.75. The highest BCUT2D eigenvalue weighted by molar-refractivity contribution is 5.99. The molecule has 1 aliphatic heterocycles. The van der Waals surface area contributed by atoms with E-state index in [1.165, 1.54) is 38.6 Å². The molecule has 0 saturated carbocycles. The van der Waals surface area contributed by atoms with Crippen LogP contribution in [0.5, 0.6) is 0 Å². The molecule has 0 aliphatic carbocycles. The molecule has 1 nitrogen and oxygen atoms in total. The lowest BCUT2D eigenvalue weighted by atomic mass is 9.91. The zero-order valence-electron chi connectivity index (χ0n) is 11.5. The van der Waals surface area contributed by atoms with Gasteiger partial charge in [-0.25, -0.2) is 0 Å². The molecule has 3 aromatic rings. The maximum atomic E-state index is 5.67. The third-order valence-electron chi connectivity index (χ3n) is 4.09. The first-order valence-electron chi connectivity index (χ1n) is 7.01. The number of fused-ring (bicyclic) bond motifs is 2. The lowest BCUT2D eigenvalue weighted by Gasteiger charge is -2.12. The monoisotopic (exact) mass is 260 g/mol. The summed E-state index contributed by atoms with van der Waals surface area (Å²) in [4.78, 5) is 0. The summed E-state index contributed by atoms with van der Waals surface area (Å²) in [7, 11) is 0. The maximum Gasteiger partial charge on any atom is 0.0731 e. The minimum Gasteiger partial charge on any atom is -0.372 e. The van der Waals surface area contributed by atoms with Gasteiger partial charge in [0.15, 0.2) is 0 Å². The highest BCUT2D eigenvalue weighted by atomic mass is 16.5. The van der Waals surface area contributed by atoms with Crippen LogP contribution < -0.4 is 0 Å². The Morgan fingerprint density at radius 3 is 2.55 bits per heavy atom. The maximum absolute atomic E-state index is 5.67. The van der Waals surface area contributed by atoms with Crippen LogP contribution in [0.2, 0.25) is 0 Å². The molecule has 0 aromatic heterocycles. The second-order valence-electron chi connectivity index (χ2n) is 5.47. The van der Waals surface area contributed by atoms with Crippen LogP contribution in [0.3, 0.4) is 0 Å². The van der Waals surface area contributed by atoms with E-state index in [0.29, 0.717) is 0 Å². The number of aryl methyl sites for hydroxylation is 1. The second kappa shape index (κ2) is 4.46. The van der Waals surface area contributed by atoms with Gasteiger partial charge in [-0.1, -0.05) is 54.1 Å². The quantitative estimate of drug-likeness (QED) is 0.608. The molecule has 0 bridgehead atoms. The normalized spacial score (nSPS) is 13.7. The molecule has 3 aromatic carbocycles. The molecule has 0 atom stereocenters. The first-order valence-corrected chi connectivity index (χ1v) is 7.01. The standard InChI is InChI=1S/C19H16O/c1-13-6-8-14(9-7-13)19-17-5-3-2-4-15(17)10-16-11-20-12-18(16)19/h2-10H,11-12H2,1H3. The molecule has 0 N–H and O–H groups in total. The van der Waals surface area contributed by atoms with Crippen molar-refractivity contribution < 1.29 is 4.74 Å². The Morgan fingerprint density at radius 1 is 0.900 bits per heavy atom. The summed E-state index contributed by atoms with van der Waals surface area (Å²) in [5.74, 6) is 0. The summed E-state index contributed by atoms with van der Waals surface area (Å²) in [6.07, 6.45) is 0. The van der Waals surface area contributed by atoms with Crippen molar-refractivity contribution >= 4 is 10.8 Å². The van der Waals surface area contributed by atoms with Gasteiger partial charge in [-0.15, -0.1) is 0 Å². The Kier molecular flexibility index (Phi) is 2.61. The Labute approximate surface area is 118 Å². The summed E-state index contributed by atoms with van der Waals surface area (Å²) < 4.78 is 5.67. The van der Waals surface area contributed by atoms with Crippen LogP contribution in [-0.2, 0) is 18.0 Å². The highest BCUT2D eigenvalue weighted by Gasteiger charge is 2.19. The molecule has 1 heteroatoms. The third-order valence-corrected chi connectivity index (χ3v) is 4.09. The first-order chi connectivity index (χ1) is 9.83. The molecule has 1 heterocycles. The smallest absolute Gasteiger partial charge is 0.0731 e. The van der Waals surface area contributed by atoms with E-state index in [9.17, 15) is 0 Å². The largest absolute Gasteiger partial charge is 0.372 e. The van der Waals surface area contributed by atoms with Crippen LogP contribution in [0.15, 0.2) is 54.6 Å². The van der Waals surface area contributed by atoms with Crippen molar-refractivity contribution in [2.24, 2.45) is 0 Å². The average molecular weight is 260 g/mol. The molecule has 0 fully saturated rings. The zero-order valence-corrected chi connectivity index (χ0v) is 11.5. The fourth-order valence-corrected chi connectivity index (χ4v) is 3.06. The van der Waals surface area contributed by atoms with Gasteiger partial charge in [-0.3, -0.25) is 0 Å². The summed E-state index contributed by atoms with van der Waals surface area (Å²) in [6.45, 7) is 3.59. The number of rotatable bonds is 1. The number of hydrogen-bond acceptors (Lipinski definition) is 1. The minimum atomic E-state index is 0.726. The van der Waals surface area contributed by atoms with Crippen LogP contribution in [0, 0.1) is 6.92 Å². The van der Waals surface area contributed by atoms with Crippen molar-refractivity contribution in [1.29, 1.82) is 0 Å². The van der Waals surface area contributed by atoms with Gasteiger partial charge in [-0.2, -0.15) is 0 Å². The van der Waals surface area contributed by atoms with Crippen molar-refractivity contribution in [3.63, 3.8) is 0 Å². The molecule has 0 saturated heterocycles. The van der Waals surface area contributed by atoms with Crippen LogP contribution in [0.1, 0.15) is 16.7 Å². The molecule has 98 valence electrons. The lowest BCUT2D eigenvalue weighted by molar-refractivity contribution is 0.134. The lowest BCUT2D eigenvalue weighted by Crippen LogP contribution is -1.91. The van der Waals surface area contributed by atoms with Gasteiger partial charge < -0.3 is 4.74 Å². The summed E-state index contributed by atoms with van der Waals surface area (Å²) in [5, 5.41) is 2.62. The van der Waals surface area contributed by atoms with Crippen LogP contribution >= 0.6 is 0 Å². The van der Waals surface area contributed by atoms with Crippen LogP contribution in [-0.4, -0.2) is 0 Å². The van der Waals surface area contributed by atoms with E-state index < -0.39 is 0 Å². The van der Waals surface area contributed by atoms with Gasteiger partial charge in [0.1, 0.15) is 0 Å². The van der Waals surface area contributed by atoms with Crippen molar-refractivity contribution in [2.45, 2.75) is 20.1 Å². The average Bonchev–Trinajstić information content (AvgIpc) is 2.93. The van der Waals surface area contributed by atoms with E-state index in [0.717, 1.165) is 13.2 Å². The Bertz CT molecular complexity index is 785. The van der Waals surface area contributed by atoms with Crippen molar-refractivity contribution in [2.75, 3.05) is 0 Å². The molecule has 20 heavy (non-hydrogen) atoms. The molecule has 1 aliphatic rings. The van der Waals surface area contributed by atoms with E-state index in [2.05, 4.69) is 61.5 Å². The summed E-state index contributed by atoms with van der Waals surface area (Å²) in [5.41, 5.74) is 6.61. The van der Waals surface area contributed by atoms with E-state index in [1.54, 1.807) is 0 Å². The van der Waals surface area contributed by atoms with Crippen LogP contribution in [0.25, 0.3) is 21.9 Å². The van der Waals surface area contributed by atoms with Gasteiger partial charge >= 0.3 is 0 Å². The van der Waals surface area contributed by atoms with E-state index in [1.807, 2.05) is 0 Å². The van der Waals surface area contributed by atoms with Gasteiger partial charge in [-0.05, 0) is 46.0 Å². The number of hydrogen-bond donors (Lipinski definition) is 0. The molecular weight excluding hydrogens is 244 g/mol. The van der Waals surface area contributed by atoms with Crippen molar-refractivity contribution in [1.82, 2.24) is 0 Å². The minimum absolute atomic E-state index is 0.726. The van der Waals surface area contributed by atoms with Gasteiger partial charge in [0.25, 0.3) is 0 Å². The second-order valence-corrected chi connectivity index (χ2v) is 5.47. The highest BCUT2D eigenvalue weighted by Crippen LogP contribution is 2.37. The van der Waals surface area contributed by atoms with E-state index in [4.69, 9.17) is 4.74 Å². The predicted octanol–water partition coefficient (Wildman–Crippen LogP) is 4.85. The fraction of sp³-hybridized carbons (Fsp3) is 0.158. The number of ether oxygens (including phenoxy) is 1. The van der Waals surface area contributed by atoms with Gasteiger partial charge in [0.05, 0.1) is 13.2 Å². The molecular formula is C19H16O. The van der Waals surface area contributed by atoms with E-state index >= 15 is 0 Å². The predicted molar refractivity (Wildman–Crippen MR) is 82.6 cm³/mol. The van der Waals surface area contributed by atoms with Gasteiger partial charge in [0, 0.05) is 0 Å². The topological polar surface area (TPSA) is 9.23 Å². The van der Waals surface area contributed by atoms with E-state index in [-0.39, 0.29) is 0 Å². The van der Waals surface area contributed by atoms with Crippen LogP contribution in [0.4, 0.5) is 0 Å². The molecule has 0 unspecified atom stereocenters. The fourth-order valence-electron chi connectivity index (χ4n) is 3.06. The Morgan fingerprint density at radius 2 is 1.70 bits per heavy atom. The molecule has 0 radical (unpaired) electrons. The number of benzene rings is 3. The first kappa shape index (κ1) is 11.7. The Hall–Kier alpha value is -2.12.